The molecule has 3 rings (SSSR count). The second-order valence-corrected chi connectivity index (χ2v) is 7.43. The van der Waals surface area contributed by atoms with Gasteiger partial charge in [-0.05, 0) is 31.4 Å². The summed E-state index contributed by atoms with van der Waals surface area (Å²) >= 11 is 0. The van der Waals surface area contributed by atoms with Crippen LogP contribution in [0.5, 0.6) is 0 Å². The van der Waals surface area contributed by atoms with Crippen molar-refractivity contribution < 1.29 is 8.42 Å². The Morgan fingerprint density at radius 2 is 1.74 bits per heavy atom. The first kappa shape index (κ1) is 13.1. The largest absolute Gasteiger partial charge is 0.261 e. The highest BCUT2D eigenvalue weighted by atomic mass is 32.2. The molecule has 2 unspecified atom stereocenters. The highest BCUT2D eigenvalue weighted by Gasteiger charge is 2.54. The van der Waals surface area contributed by atoms with E-state index in [2.05, 4.69) is 4.98 Å². The van der Waals surface area contributed by atoms with Crippen LogP contribution in [-0.4, -0.2) is 29.8 Å². The molecule has 1 aromatic rings. The molecule has 2 fully saturated rings. The Hall–Kier alpha value is -0.940. The van der Waals surface area contributed by atoms with Crippen LogP contribution >= 0.6 is 0 Å². The van der Waals surface area contributed by atoms with Gasteiger partial charge in [0.2, 0.25) is 0 Å². The summed E-state index contributed by atoms with van der Waals surface area (Å²) in [5.74, 6) is 0. The summed E-state index contributed by atoms with van der Waals surface area (Å²) in [6.07, 6.45) is 8.41. The lowest BCUT2D eigenvalue weighted by molar-refractivity contribution is 0.534. The maximum atomic E-state index is 12.6. The van der Waals surface area contributed by atoms with E-state index in [1.165, 1.54) is 12.8 Å². The van der Waals surface area contributed by atoms with E-state index < -0.39 is 10.0 Å². The van der Waals surface area contributed by atoms with Crippen LogP contribution in [0.25, 0.3) is 0 Å². The van der Waals surface area contributed by atoms with Gasteiger partial charge >= 0.3 is 0 Å². The van der Waals surface area contributed by atoms with Gasteiger partial charge in [-0.3, -0.25) is 0 Å². The number of rotatable bonds is 2. The molecule has 2 heterocycles. The van der Waals surface area contributed by atoms with Gasteiger partial charge in [-0.15, -0.1) is 0 Å². The first-order valence-electron chi connectivity index (χ1n) is 7.07. The molecule has 0 bridgehead atoms. The normalized spacial score (nSPS) is 31.1. The third-order valence-corrected chi connectivity index (χ3v) is 6.05. The van der Waals surface area contributed by atoms with Crippen molar-refractivity contribution in [1.29, 1.82) is 0 Å². The smallest absolute Gasteiger partial charge is 0.243 e. The van der Waals surface area contributed by atoms with Crippen molar-refractivity contribution in [3.63, 3.8) is 0 Å². The Bertz CT molecular complexity index is 539. The summed E-state index contributed by atoms with van der Waals surface area (Å²) < 4.78 is 26.8. The molecule has 0 N–H and O–H groups in total. The van der Waals surface area contributed by atoms with Gasteiger partial charge < -0.3 is 0 Å². The number of aromatic nitrogens is 1. The predicted molar refractivity (Wildman–Crippen MR) is 73.3 cm³/mol. The SMILES string of the molecule is Cc1ccc(S(=O)(=O)N2C3CCCCCCC32)nc1. The summed E-state index contributed by atoms with van der Waals surface area (Å²) in [7, 11) is -3.38. The van der Waals surface area contributed by atoms with Crippen molar-refractivity contribution in [3.05, 3.63) is 23.9 Å². The van der Waals surface area contributed by atoms with Gasteiger partial charge in [-0.25, -0.2) is 13.4 Å². The quantitative estimate of drug-likeness (QED) is 0.782. The van der Waals surface area contributed by atoms with Crippen LogP contribution in [0.1, 0.15) is 44.1 Å². The lowest BCUT2D eigenvalue weighted by Gasteiger charge is -2.05. The van der Waals surface area contributed by atoms with Crippen molar-refractivity contribution in [1.82, 2.24) is 9.29 Å². The highest BCUT2D eigenvalue weighted by Crippen LogP contribution is 2.42. The first-order valence-corrected chi connectivity index (χ1v) is 8.51. The molecule has 1 aliphatic heterocycles. The van der Waals surface area contributed by atoms with Crippen molar-refractivity contribution >= 4 is 10.0 Å². The minimum atomic E-state index is -3.38. The predicted octanol–water partition coefficient (Wildman–Crippen LogP) is 2.49. The van der Waals surface area contributed by atoms with Gasteiger partial charge in [0.15, 0.2) is 5.03 Å². The Balaban J connectivity index is 1.83. The molecule has 0 spiro atoms. The maximum absolute atomic E-state index is 12.6. The highest BCUT2D eigenvalue weighted by molar-refractivity contribution is 7.89. The van der Waals surface area contributed by atoms with Gasteiger partial charge in [0, 0.05) is 18.3 Å². The number of hydrogen-bond acceptors (Lipinski definition) is 3. The van der Waals surface area contributed by atoms with Crippen molar-refractivity contribution in [2.75, 3.05) is 0 Å². The Morgan fingerprint density at radius 3 is 2.26 bits per heavy atom. The Morgan fingerprint density at radius 1 is 1.11 bits per heavy atom. The number of aryl methyl sites for hydroxylation is 1. The van der Waals surface area contributed by atoms with Crippen LogP contribution in [0.4, 0.5) is 0 Å². The molecule has 19 heavy (non-hydrogen) atoms. The fourth-order valence-corrected chi connectivity index (χ4v) is 4.87. The second kappa shape index (κ2) is 4.87. The molecule has 1 saturated heterocycles. The third kappa shape index (κ3) is 2.41. The zero-order valence-corrected chi connectivity index (χ0v) is 12.1. The third-order valence-electron chi connectivity index (χ3n) is 4.18. The van der Waals surface area contributed by atoms with Gasteiger partial charge in [0.25, 0.3) is 10.0 Å². The first-order chi connectivity index (χ1) is 9.10. The molecule has 4 nitrogen and oxygen atoms in total. The minimum absolute atomic E-state index is 0.199. The molecule has 2 atom stereocenters. The lowest BCUT2D eigenvalue weighted by Crippen LogP contribution is -2.17. The number of pyridine rings is 1. The van der Waals surface area contributed by atoms with Crippen molar-refractivity contribution in [2.45, 2.75) is 62.6 Å². The Kier molecular flexibility index (Phi) is 3.35. The van der Waals surface area contributed by atoms with E-state index >= 15 is 0 Å². The fourth-order valence-electron chi connectivity index (χ4n) is 3.08. The van der Waals surface area contributed by atoms with E-state index in [1.54, 1.807) is 16.6 Å². The van der Waals surface area contributed by atoms with Crippen LogP contribution < -0.4 is 0 Å². The lowest BCUT2D eigenvalue weighted by atomic mass is 10.0. The minimum Gasteiger partial charge on any atom is -0.243 e. The summed E-state index contributed by atoms with van der Waals surface area (Å²) in [6, 6.07) is 3.89. The average Bonchev–Trinajstić information content (AvgIpc) is 3.02. The van der Waals surface area contributed by atoms with Gasteiger partial charge in [0.05, 0.1) is 0 Å². The van der Waals surface area contributed by atoms with E-state index in [0.717, 1.165) is 31.2 Å². The van der Waals surface area contributed by atoms with Crippen LogP contribution in [0.15, 0.2) is 23.4 Å². The number of sulfonamides is 1. The summed E-state index contributed by atoms with van der Waals surface area (Å²) in [4.78, 5) is 4.09. The standard InChI is InChI=1S/C14H20N2O2S/c1-11-8-9-14(15-10-11)19(17,18)16-12-6-4-2-3-5-7-13(12)16/h8-10,12-13H,2-7H2,1H3. The maximum Gasteiger partial charge on any atom is 0.261 e. The molecule has 1 aliphatic carbocycles. The molecule has 0 amide bonds. The molecular formula is C14H20N2O2S. The zero-order chi connectivity index (χ0) is 13.5. The van der Waals surface area contributed by atoms with Gasteiger partial charge in [-0.1, -0.05) is 31.7 Å². The average molecular weight is 280 g/mol. The van der Waals surface area contributed by atoms with Gasteiger partial charge in [-0.2, -0.15) is 4.31 Å². The van der Waals surface area contributed by atoms with Crippen molar-refractivity contribution in [3.8, 4) is 0 Å². The molecule has 1 aromatic heterocycles. The number of fused-ring (bicyclic) bond motifs is 1. The molecule has 5 heteroatoms. The summed E-state index contributed by atoms with van der Waals surface area (Å²) in [5, 5.41) is 0.199. The zero-order valence-electron chi connectivity index (χ0n) is 11.2. The van der Waals surface area contributed by atoms with Crippen LogP contribution in [0, 0.1) is 6.92 Å². The van der Waals surface area contributed by atoms with E-state index in [1.807, 2.05) is 13.0 Å². The molecule has 2 aliphatic rings. The Labute approximate surface area is 114 Å². The molecule has 0 aromatic carbocycles. The topological polar surface area (TPSA) is 50.0 Å². The molecule has 0 radical (unpaired) electrons. The summed E-state index contributed by atoms with van der Waals surface area (Å²) in [5.41, 5.74) is 0.982. The molecule has 1 saturated carbocycles. The van der Waals surface area contributed by atoms with E-state index in [0.29, 0.717) is 0 Å². The van der Waals surface area contributed by atoms with Gasteiger partial charge in [0.1, 0.15) is 0 Å². The molecular weight excluding hydrogens is 260 g/mol. The van der Waals surface area contributed by atoms with Crippen molar-refractivity contribution in [2.24, 2.45) is 0 Å². The second-order valence-electron chi connectivity index (χ2n) is 5.64. The van der Waals surface area contributed by atoms with E-state index in [-0.39, 0.29) is 17.1 Å². The monoisotopic (exact) mass is 280 g/mol. The van der Waals surface area contributed by atoms with Crippen LogP contribution in [-0.2, 0) is 10.0 Å². The summed E-state index contributed by atoms with van der Waals surface area (Å²) in [6.45, 7) is 1.91. The van der Waals surface area contributed by atoms with E-state index in [9.17, 15) is 8.42 Å². The fraction of sp³-hybridized carbons (Fsp3) is 0.643. The number of nitrogens with zero attached hydrogens (tertiary/aromatic N) is 2. The van der Waals surface area contributed by atoms with Crippen LogP contribution in [0.2, 0.25) is 0 Å². The number of hydrogen-bond donors (Lipinski definition) is 0. The van der Waals surface area contributed by atoms with Crippen LogP contribution in [0.3, 0.4) is 0 Å². The molecule has 104 valence electrons. The van der Waals surface area contributed by atoms with E-state index in [4.69, 9.17) is 0 Å².